The molecule has 1 atom stereocenters. The average Bonchev–Trinajstić information content (AvgIpc) is 2.47. The highest BCUT2D eigenvalue weighted by atomic mass is 16.5. The summed E-state index contributed by atoms with van der Waals surface area (Å²) in [5.74, 6) is 0.968. The Hall–Kier alpha value is -1.80. The molecule has 2 heteroatoms. The molecule has 2 aromatic carbocycles. The Morgan fingerprint density at radius 2 is 1.76 bits per heavy atom. The van der Waals surface area contributed by atoms with Crippen molar-refractivity contribution in [3.8, 4) is 5.75 Å². The van der Waals surface area contributed by atoms with E-state index in [0.717, 1.165) is 12.3 Å². The summed E-state index contributed by atoms with van der Waals surface area (Å²) < 4.78 is 5.83. The lowest BCUT2D eigenvalue weighted by molar-refractivity contribution is 0.333. The van der Waals surface area contributed by atoms with Gasteiger partial charge in [-0.2, -0.15) is 0 Å². The van der Waals surface area contributed by atoms with Gasteiger partial charge in [-0.15, -0.1) is 0 Å². The van der Waals surface area contributed by atoms with E-state index in [2.05, 4.69) is 68.6 Å². The standard InChI is InChI=1S/C19H25NO/c1-5-20-19(16-9-7-8-14(3)12-16)17-13-15(4)10-11-18(17)21-6-2/h7-13,19-20H,5-6H2,1-4H3. The molecule has 0 fully saturated rings. The Morgan fingerprint density at radius 3 is 2.43 bits per heavy atom. The minimum Gasteiger partial charge on any atom is -0.494 e. The smallest absolute Gasteiger partial charge is 0.124 e. The van der Waals surface area contributed by atoms with Crippen molar-refractivity contribution in [2.45, 2.75) is 33.7 Å². The molecule has 0 aromatic heterocycles. The van der Waals surface area contributed by atoms with E-state index in [-0.39, 0.29) is 6.04 Å². The van der Waals surface area contributed by atoms with Crippen LogP contribution in [0.1, 0.15) is 42.1 Å². The van der Waals surface area contributed by atoms with Gasteiger partial charge in [-0.1, -0.05) is 54.4 Å². The van der Waals surface area contributed by atoms with E-state index < -0.39 is 0 Å². The number of benzene rings is 2. The molecule has 112 valence electrons. The molecule has 0 spiro atoms. The summed E-state index contributed by atoms with van der Waals surface area (Å²) in [5.41, 5.74) is 5.03. The number of nitrogens with one attached hydrogen (secondary N) is 1. The maximum Gasteiger partial charge on any atom is 0.124 e. The van der Waals surface area contributed by atoms with Crippen LogP contribution in [0.4, 0.5) is 0 Å². The summed E-state index contributed by atoms with van der Waals surface area (Å²) in [6.07, 6.45) is 0. The number of rotatable bonds is 6. The fourth-order valence-corrected chi connectivity index (χ4v) is 2.64. The van der Waals surface area contributed by atoms with Gasteiger partial charge in [0.25, 0.3) is 0 Å². The highest BCUT2D eigenvalue weighted by molar-refractivity contribution is 5.44. The first kappa shape index (κ1) is 15.6. The van der Waals surface area contributed by atoms with Crippen molar-refractivity contribution in [1.29, 1.82) is 0 Å². The predicted octanol–water partition coefficient (Wildman–Crippen LogP) is 4.40. The summed E-state index contributed by atoms with van der Waals surface area (Å²) in [7, 11) is 0. The van der Waals surface area contributed by atoms with Crippen LogP contribution in [0, 0.1) is 13.8 Å². The lowest BCUT2D eigenvalue weighted by Gasteiger charge is -2.22. The van der Waals surface area contributed by atoms with Crippen molar-refractivity contribution in [3.63, 3.8) is 0 Å². The maximum absolute atomic E-state index is 5.83. The first-order valence-electron chi connectivity index (χ1n) is 7.69. The van der Waals surface area contributed by atoms with Crippen molar-refractivity contribution in [3.05, 3.63) is 64.7 Å². The summed E-state index contributed by atoms with van der Waals surface area (Å²) in [6, 6.07) is 15.2. The van der Waals surface area contributed by atoms with Crippen LogP contribution < -0.4 is 10.1 Å². The number of hydrogen-bond acceptors (Lipinski definition) is 2. The van der Waals surface area contributed by atoms with E-state index in [1.807, 2.05) is 6.92 Å². The van der Waals surface area contributed by atoms with E-state index in [1.54, 1.807) is 0 Å². The molecule has 1 N–H and O–H groups in total. The van der Waals surface area contributed by atoms with Crippen LogP contribution in [-0.2, 0) is 0 Å². The molecule has 0 saturated carbocycles. The van der Waals surface area contributed by atoms with Gasteiger partial charge >= 0.3 is 0 Å². The summed E-state index contributed by atoms with van der Waals surface area (Å²) in [5, 5.41) is 3.59. The lowest BCUT2D eigenvalue weighted by atomic mass is 9.95. The fourth-order valence-electron chi connectivity index (χ4n) is 2.64. The highest BCUT2D eigenvalue weighted by Gasteiger charge is 2.17. The van der Waals surface area contributed by atoms with Gasteiger partial charge in [-0.25, -0.2) is 0 Å². The minimum atomic E-state index is 0.163. The van der Waals surface area contributed by atoms with Gasteiger partial charge < -0.3 is 10.1 Å². The number of ether oxygens (including phenoxy) is 1. The van der Waals surface area contributed by atoms with Crippen LogP contribution in [0.2, 0.25) is 0 Å². The Balaban J connectivity index is 2.49. The Kier molecular flexibility index (Phi) is 5.40. The predicted molar refractivity (Wildman–Crippen MR) is 89.0 cm³/mol. The molecule has 0 radical (unpaired) electrons. The van der Waals surface area contributed by atoms with Gasteiger partial charge in [0.15, 0.2) is 0 Å². The molecule has 0 aliphatic rings. The van der Waals surface area contributed by atoms with Gasteiger partial charge in [-0.05, 0) is 38.9 Å². The third-order valence-electron chi connectivity index (χ3n) is 3.56. The first-order chi connectivity index (χ1) is 10.2. The van der Waals surface area contributed by atoms with Gasteiger partial charge in [0.1, 0.15) is 5.75 Å². The van der Waals surface area contributed by atoms with Crippen LogP contribution >= 0.6 is 0 Å². The van der Waals surface area contributed by atoms with Crippen LogP contribution in [0.25, 0.3) is 0 Å². The van der Waals surface area contributed by atoms with Crippen LogP contribution in [0.3, 0.4) is 0 Å². The maximum atomic E-state index is 5.83. The molecule has 0 aliphatic carbocycles. The van der Waals surface area contributed by atoms with Crippen LogP contribution in [0.15, 0.2) is 42.5 Å². The van der Waals surface area contributed by atoms with Crippen LogP contribution in [0.5, 0.6) is 5.75 Å². The molecular formula is C19H25NO. The Labute approximate surface area is 128 Å². The SMILES string of the molecule is CCNC(c1cccc(C)c1)c1cc(C)ccc1OCC. The number of aryl methyl sites for hydroxylation is 2. The van der Waals surface area contributed by atoms with Gasteiger partial charge in [0.2, 0.25) is 0 Å². The molecular weight excluding hydrogens is 258 g/mol. The molecule has 0 heterocycles. The lowest BCUT2D eigenvalue weighted by Crippen LogP contribution is -2.23. The molecule has 2 rings (SSSR count). The van der Waals surface area contributed by atoms with Crippen molar-refractivity contribution in [1.82, 2.24) is 5.32 Å². The topological polar surface area (TPSA) is 21.3 Å². The minimum absolute atomic E-state index is 0.163. The average molecular weight is 283 g/mol. The van der Waals surface area contributed by atoms with E-state index in [0.29, 0.717) is 6.61 Å². The summed E-state index contributed by atoms with van der Waals surface area (Å²) in [4.78, 5) is 0. The molecule has 21 heavy (non-hydrogen) atoms. The molecule has 0 bridgehead atoms. The van der Waals surface area contributed by atoms with Crippen LogP contribution in [-0.4, -0.2) is 13.2 Å². The van der Waals surface area contributed by atoms with Gasteiger partial charge in [0.05, 0.1) is 12.6 Å². The van der Waals surface area contributed by atoms with Crippen molar-refractivity contribution >= 4 is 0 Å². The largest absolute Gasteiger partial charge is 0.494 e. The second-order valence-corrected chi connectivity index (χ2v) is 5.38. The van der Waals surface area contributed by atoms with Crippen molar-refractivity contribution < 1.29 is 4.74 Å². The monoisotopic (exact) mass is 283 g/mol. The normalized spacial score (nSPS) is 12.2. The second-order valence-electron chi connectivity index (χ2n) is 5.38. The van der Waals surface area contributed by atoms with Gasteiger partial charge in [0, 0.05) is 5.56 Å². The first-order valence-corrected chi connectivity index (χ1v) is 7.69. The zero-order chi connectivity index (χ0) is 15.2. The molecule has 0 amide bonds. The van der Waals surface area contributed by atoms with Crippen molar-refractivity contribution in [2.75, 3.05) is 13.2 Å². The van der Waals surface area contributed by atoms with E-state index in [9.17, 15) is 0 Å². The van der Waals surface area contributed by atoms with E-state index in [1.165, 1.54) is 22.3 Å². The van der Waals surface area contributed by atoms with Gasteiger partial charge in [-0.3, -0.25) is 0 Å². The van der Waals surface area contributed by atoms with E-state index in [4.69, 9.17) is 4.74 Å². The molecule has 0 aliphatic heterocycles. The quantitative estimate of drug-likeness (QED) is 0.848. The molecule has 0 saturated heterocycles. The zero-order valence-corrected chi connectivity index (χ0v) is 13.4. The Morgan fingerprint density at radius 1 is 1.00 bits per heavy atom. The molecule has 2 nitrogen and oxygen atoms in total. The molecule has 2 aromatic rings. The fraction of sp³-hybridized carbons (Fsp3) is 0.368. The zero-order valence-electron chi connectivity index (χ0n) is 13.4. The third kappa shape index (κ3) is 3.85. The third-order valence-corrected chi connectivity index (χ3v) is 3.56. The van der Waals surface area contributed by atoms with Crippen molar-refractivity contribution in [2.24, 2.45) is 0 Å². The summed E-state index contributed by atoms with van der Waals surface area (Å²) in [6.45, 7) is 10.0. The number of hydrogen-bond donors (Lipinski definition) is 1. The Bertz CT molecular complexity index is 592. The molecule has 1 unspecified atom stereocenters. The highest BCUT2D eigenvalue weighted by Crippen LogP contribution is 2.31. The van der Waals surface area contributed by atoms with E-state index >= 15 is 0 Å². The summed E-state index contributed by atoms with van der Waals surface area (Å²) >= 11 is 0. The second kappa shape index (κ2) is 7.28.